The third-order valence-electron chi connectivity index (χ3n) is 8.78. The molecule has 0 radical (unpaired) electrons. The van der Waals surface area contributed by atoms with Gasteiger partial charge in [0.15, 0.2) is 0 Å². The molecule has 0 bridgehead atoms. The van der Waals surface area contributed by atoms with Gasteiger partial charge in [-0.3, -0.25) is 9.59 Å². The molecule has 3 aromatic rings. The van der Waals surface area contributed by atoms with Crippen LogP contribution in [0.3, 0.4) is 0 Å². The number of aromatic nitrogens is 1. The van der Waals surface area contributed by atoms with Gasteiger partial charge in [0.2, 0.25) is 0 Å². The second-order valence-electron chi connectivity index (χ2n) is 11.9. The second kappa shape index (κ2) is 14.7. The van der Waals surface area contributed by atoms with E-state index in [-0.39, 0.29) is 18.0 Å². The van der Waals surface area contributed by atoms with Crippen molar-refractivity contribution in [2.24, 2.45) is 0 Å². The maximum atomic E-state index is 13.8. The maximum absolute atomic E-state index is 13.8. The van der Waals surface area contributed by atoms with E-state index >= 15 is 0 Å². The molecule has 232 valence electrons. The molecular weight excluding hydrogens is 540 g/mol. The van der Waals surface area contributed by atoms with Gasteiger partial charge in [-0.2, -0.15) is 0 Å². The fourth-order valence-corrected chi connectivity index (χ4v) is 6.26. The molecule has 0 spiro atoms. The third kappa shape index (κ3) is 7.86. The van der Waals surface area contributed by atoms with Crippen LogP contribution in [0.5, 0.6) is 5.75 Å². The highest BCUT2D eigenvalue weighted by molar-refractivity contribution is 5.99. The zero-order valence-electron chi connectivity index (χ0n) is 26.9. The van der Waals surface area contributed by atoms with E-state index in [1.54, 1.807) is 7.11 Å². The van der Waals surface area contributed by atoms with Gasteiger partial charge in [-0.05, 0) is 120 Å². The minimum Gasteiger partial charge on any atom is -0.491 e. The Morgan fingerprint density at radius 1 is 0.953 bits per heavy atom. The molecule has 1 heterocycles. The molecular formula is C35H48N4O4. The molecule has 0 aliphatic heterocycles. The molecule has 4 rings (SSSR count). The average molecular weight is 589 g/mol. The number of hydrogen-bond donors (Lipinski definition) is 2. The van der Waals surface area contributed by atoms with Crippen molar-refractivity contribution >= 4 is 11.6 Å². The number of hydrogen-bond acceptors (Lipinski definition) is 6. The summed E-state index contributed by atoms with van der Waals surface area (Å²) >= 11 is 0. The average Bonchev–Trinajstić information content (AvgIpc) is 2.98. The first kappa shape index (κ1) is 32.3. The van der Waals surface area contributed by atoms with E-state index in [0.29, 0.717) is 36.4 Å². The van der Waals surface area contributed by atoms with Gasteiger partial charge in [0.05, 0.1) is 6.61 Å². The van der Waals surface area contributed by atoms with Crippen LogP contribution in [0.15, 0.2) is 47.3 Å². The number of nitrogens with zero attached hydrogens (tertiary/aromatic N) is 2. The number of carbonyl (C=O) groups excluding carboxylic acids is 1. The van der Waals surface area contributed by atoms with Crippen molar-refractivity contribution in [3.05, 3.63) is 80.8 Å². The number of pyridine rings is 1. The highest BCUT2D eigenvalue weighted by Crippen LogP contribution is 2.36. The predicted molar refractivity (Wildman–Crippen MR) is 174 cm³/mol. The first-order chi connectivity index (χ1) is 20.6. The zero-order chi connectivity index (χ0) is 31.1. The summed E-state index contributed by atoms with van der Waals surface area (Å²) in [6.45, 7) is 10.0. The topological polar surface area (TPSA) is 86.9 Å². The number of amides is 1. The molecule has 1 aliphatic carbocycles. The van der Waals surface area contributed by atoms with Gasteiger partial charge < -0.3 is 29.6 Å². The number of anilines is 1. The maximum Gasteiger partial charge on any atom is 0.253 e. The molecule has 43 heavy (non-hydrogen) atoms. The molecule has 1 aromatic heterocycles. The first-order valence-electron chi connectivity index (χ1n) is 15.4. The fraction of sp³-hybridized carbons (Fsp3) is 0.486. The SMILES string of the molecule is CCN(c1cc(-c2ccc(OCCOC)cc2)cc(C(=O)NCc2c(C)cc(C)[nH]c2=O)c1C)C1CCC(N(C)C)CC1. The summed E-state index contributed by atoms with van der Waals surface area (Å²) < 4.78 is 10.9. The van der Waals surface area contributed by atoms with E-state index in [9.17, 15) is 9.59 Å². The smallest absolute Gasteiger partial charge is 0.253 e. The van der Waals surface area contributed by atoms with E-state index in [1.165, 1.54) is 0 Å². The number of nitrogens with one attached hydrogen (secondary N) is 2. The van der Waals surface area contributed by atoms with Crippen LogP contribution >= 0.6 is 0 Å². The third-order valence-corrected chi connectivity index (χ3v) is 8.78. The highest BCUT2D eigenvalue weighted by Gasteiger charge is 2.28. The Bertz CT molecular complexity index is 1440. The summed E-state index contributed by atoms with van der Waals surface area (Å²) in [5, 5.41) is 3.04. The van der Waals surface area contributed by atoms with Gasteiger partial charge >= 0.3 is 0 Å². The Hall–Kier alpha value is -3.62. The quantitative estimate of drug-likeness (QED) is 0.267. The van der Waals surface area contributed by atoms with Crippen molar-refractivity contribution in [2.75, 3.05) is 45.9 Å². The number of aryl methyl sites for hydroxylation is 2. The molecule has 2 N–H and O–H groups in total. The largest absolute Gasteiger partial charge is 0.491 e. The lowest BCUT2D eigenvalue weighted by Gasteiger charge is -2.40. The van der Waals surface area contributed by atoms with Crippen molar-refractivity contribution in [3.8, 4) is 16.9 Å². The number of rotatable bonds is 12. The van der Waals surface area contributed by atoms with E-state index in [1.807, 2.05) is 57.2 Å². The monoisotopic (exact) mass is 588 g/mol. The minimum absolute atomic E-state index is 0.165. The van der Waals surface area contributed by atoms with Gasteiger partial charge in [-0.1, -0.05) is 12.1 Å². The van der Waals surface area contributed by atoms with E-state index < -0.39 is 0 Å². The Morgan fingerprint density at radius 3 is 2.23 bits per heavy atom. The van der Waals surface area contributed by atoms with Crippen LogP contribution in [0.25, 0.3) is 11.1 Å². The van der Waals surface area contributed by atoms with E-state index in [0.717, 1.165) is 71.6 Å². The zero-order valence-corrected chi connectivity index (χ0v) is 26.9. The summed E-state index contributed by atoms with van der Waals surface area (Å²) in [7, 11) is 5.99. The van der Waals surface area contributed by atoms with Crippen LogP contribution in [0.1, 0.15) is 65.3 Å². The van der Waals surface area contributed by atoms with Crippen LogP contribution in [-0.2, 0) is 11.3 Å². The number of aromatic amines is 1. The van der Waals surface area contributed by atoms with Crippen LogP contribution < -0.4 is 20.5 Å². The van der Waals surface area contributed by atoms with E-state index in [2.05, 4.69) is 47.2 Å². The summed E-state index contributed by atoms with van der Waals surface area (Å²) in [5.41, 5.74) is 6.72. The second-order valence-corrected chi connectivity index (χ2v) is 11.9. The van der Waals surface area contributed by atoms with Crippen molar-refractivity contribution in [1.82, 2.24) is 15.2 Å². The summed E-state index contributed by atoms with van der Waals surface area (Å²) in [6.07, 6.45) is 4.56. The number of carbonyl (C=O) groups is 1. The van der Waals surface area contributed by atoms with Crippen molar-refractivity contribution < 1.29 is 14.3 Å². The molecule has 1 fully saturated rings. The molecule has 1 amide bonds. The molecule has 2 aromatic carbocycles. The fourth-order valence-electron chi connectivity index (χ4n) is 6.26. The number of ether oxygens (including phenoxy) is 2. The molecule has 8 nitrogen and oxygen atoms in total. The van der Waals surface area contributed by atoms with Crippen molar-refractivity contribution in [3.63, 3.8) is 0 Å². The predicted octanol–water partition coefficient (Wildman–Crippen LogP) is 5.62. The molecule has 1 saturated carbocycles. The Labute approximate surface area is 256 Å². The van der Waals surface area contributed by atoms with Gasteiger partial charge in [-0.25, -0.2) is 0 Å². The molecule has 0 saturated heterocycles. The van der Waals surface area contributed by atoms with Crippen LogP contribution in [0.2, 0.25) is 0 Å². The minimum atomic E-state index is -0.188. The highest BCUT2D eigenvalue weighted by atomic mass is 16.5. The molecule has 0 atom stereocenters. The van der Waals surface area contributed by atoms with Crippen LogP contribution in [-0.4, -0.2) is 68.8 Å². The Kier molecular flexibility index (Phi) is 11.0. The van der Waals surface area contributed by atoms with Gasteiger partial charge in [0, 0.05) is 54.8 Å². The number of benzene rings is 2. The molecule has 1 aliphatic rings. The van der Waals surface area contributed by atoms with Crippen LogP contribution in [0, 0.1) is 20.8 Å². The lowest BCUT2D eigenvalue weighted by molar-refractivity contribution is 0.0950. The first-order valence-corrected chi connectivity index (χ1v) is 15.4. The standard InChI is InChI=1S/C35H48N4O4/c1-8-39(29-13-11-28(12-14-29)38(5)6)33-21-27(26-9-15-30(16-10-26)43-18-17-42-7)20-31(25(33)4)34(40)36-22-32-23(2)19-24(3)37-35(32)41/h9-10,15-16,19-21,28-29H,8,11-14,17-18,22H2,1-7H3,(H,36,40)(H,37,41). The van der Waals surface area contributed by atoms with Crippen molar-refractivity contribution in [1.29, 1.82) is 0 Å². The lowest BCUT2D eigenvalue weighted by Crippen LogP contribution is -2.42. The summed E-state index contributed by atoms with van der Waals surface area (Å²) in [5.74, 6) is 0.587. The van der Waals surface area contributed by atoms with Gasteiger partial charge in [0.1, 0.15) is 12.4 Å². The summed E-state index contributed by atoms with van der Waals surface area (Å²) in [6, 6.07) is 15.1. The number of methoxy groups -OCH3 is 1. The normalized spacial score (nSPS) is 16.7. The molecule has 0 unspecified atom stereocenters. The Balaban J connectivity index is 1.68. The van der Waals surface area contributed by atoms with Crippen LogP contribution in [0.4, 0.5) is 5.69 Å². The Morgan fingerprint density at radius 2 is 1.63 bits per heavy atom. The summed E-state index contributed by atoms with van der Waals surface area (Å²) in [4.78, 5) is 34.1. The number of H-pyrrole nitrogens is 1. The van der Waals surface area contributed by atoms with Gasteiger partial charge in [-0.15, -0.1) is 0 Å². The molecule has 8 heteroatoms. The lowest BCUT2D eigenvalue weighted by atomic mass is 9.88. The van der Waals surface area contributed by atoms with E-state index in [4.69, 9.17) is 9.47 Å². The van der Waals surface area contributed by atoms with Crippen molar-refractivity contribution in [2.45, 2.75) is 72.0 Å². The van der Waals surface area contributed by atoms with Gasteiger partial charge in [0.25, 0.3) is 11.5 Å².